The summed E-state index contributed by atoms with van der Waals surface area (Å²) in [5, 5.41) is 12.7. The van der Waals surface area contributed by atoms with Crippen molar-refractivity contribution in [1.29, 1.82) is 0 Å². The molecule has 2 N–H and O–H groups in total. The zero-order chi connectivity index (χ0) is 18.7. The average molecular weight is 362 g/mol. The highest BCUT2D eigenvalue weighted by atomic mass is 19.4. The lowest BCUT2D eigenvalue weighted by Crippen LogP contribution is -2.48. The lowest BCUT2D eigenvalue weighted by atomic mass is 9.93. The van der Waals surface area contributed by atoms with Crippen LogP contribution in [0.2, 0.25) is 0 Å². The first-order chi connectivity index (χ1) is 11.6. The van der Waals surface area contributed by atoms with Crippen LogP contribution in [0, 0.1) is 5.92 Å². The van der Waals surface area contributed by atoms with Crippen LogP contribution in [0.1, 0.15) is 31.5 Å². The molecular formula is C16H25F3N4O2. The summed E-state index contributed by atoms with van der Waals surface area (Å²) in [6.45, 7) is 2.29. The van der Waals surface area contributed by atoms with Crippen molar-refractivity contribution >= 4 is 5.91 Å². The van der Waals surface area contributed by atoms with Crippen molar-refractivity contribution in [3.05, 3.63) is 18.2 Å². The standard InChI is InChI=1S/C16H25F3N4O2/c1-22-8-4-12(5-9-22)3-6-20-13(24)11-15(25,16(17,18)19)14-21-7-10-23(14)2/h7,10,12,25H,3-6,8-9,11H2,1-2H3,(H,20,24). The van der Waals surface area contributed by atoms with Gasteiger partial charge in [-0.05, 0) is 45.3 Å². The van der Waals surface area contributed by atoms with Gasteiger partial charge in [0.1, 0.15) is 0 Å². The van der Waals surface area contributed by atoms with Crippen LogP contribution >= 0.6 is 0 Å². The van der Waals surface area contributed by atoms with Gasteiger partial charge in [-0.15, -0.1) is 0 Å². The predicted octanol–water partition coefficient (Wildman–Crippen LogP) is 1.41. The number of halogens is 3. The average Bonchev–Trinajstić information content (AvgIpc) is 2.94. The van der Waals surface area contributed by atoms with E-state index in [9.17, 15) is 23.1 Å². The van der Waals surface area contributed by atoms with E-state index in [0.29, 0.717) is 12.5 Å². The van der Waals surface area contributed by atoms with Gasteiger partial charge < -0.3 is 19.9 Å². The second-order valence-electron chi connectivity index (χ2n) is 6.78. The minimum atomic E-state index is -5.00. The quantitative estimate of drug-likeness (QED) is 0.803. The molecule has 0 radical (unpaired) electrons. The van der Waals surface area contributed by atoms with Gasteiger partial charge in [0.15, 0.2) is 5.82 Å². The molecule has 2 rings (SSSR count). The number of rotatable bonds is 6. The van der Waals surface area contributed by atoms with E-state index in [1.807, 2.05) is 7.05 Å². The van der Waals surface area contributed by atoms with Crippen molar-refractivity contribution in [2.24, 2.45) is 13.0 Å². The van der Waals surface area contributed by atoms with Crippen LogP contribution in [0.25, 0.3) is 0 Å². The number of nitrogens with zero attached hydrogens (tertiary/aromatic N) is 3. The summed E-state index contributed by atoms with van der Waals surface area (Å²) < 4.78 is 41.2. The summed E-state index contributed by atoms with van der Waals surface area (Å²) in [5.41, 5.74) is -3.30. The van der Waals surface area contributed by atoms with Crippen LogP contribution in [0.5, 0.6) is 0 Å². The number of aromatic nitrogens is 2. The fraction of sp³-hybridized carbons (Fsp3) is 0.750. The van der Waals surface area contributed by atoms with Crippen LogP contribution in [-0.2, 0) is 17.4 Å². The monoisotopic (exact) mass is 362 g/mol. The molecule has 1 aliphatic rings. The van der Waals surface area contributed by atoms with Gasteiger partial charge in [-0.3, -0.25) is 4.79 Å². The van der Waals surface area contributed by atoms with E-state index >= 15 is 0 Å². The summed E-state index contributed by atoms with van der Waals surface area (Å²) in [4.78, 5) is 17.8. The molecule has 0 spiro atoms. The van der Waals surface area contributed by atoms with Gasteiger partial charge in [0.25, 0.3) is 0 Å². The highest BCUT2D eigenvalue weighted by Crippen LogP contribution is 2.40. The van der Waals surface area contributed by atoms with Crippen molar-refractivity contribution in [2.75, 3.05) is 26.7 Å². The van der Waals surface area contributed by atoms with Gasteiger partial charge in [-0.25, -0.2) is 4.98 Å². The molecule has 1 saturated heterocycles. The van der Waals surface area contributed by atoms with Crippen molar-refractivity contribution in [2.45, 2.75) is 37.5 Å². The number of carbonyl (C=O) groups is 1. The first-order valence-corrected chi connectivity index (χ1v) is 8.35. The molecule has 0 aliphatic carbocycles. The van der Waals surface area contributed by atoms with E-state index in [-0.39, 0.29) is 0 Å². The number of hydrogen-bond donors (Lipinski definition) is 2. The van der Waals surface area contributed by atoms with Gasteiger partial charge in [0.05, 0.1) is 6.42 Å². The number of hydrogen-bond acceptors (Lipinski definition) is 4. The smallest absolute Gasteiger partial charge is 0.374 e. The summed E-state index contributed by atoms with van der Waals surface area (Å²) >= 11 is 0. The fourth-order valence-corrected chi connectivity index (χ4v) is 3.13. The number of carbonyl (C=O) groups excluding carboxylic acids is 1. The summed E-state index contributed by atoms with van der Waals surface area (Å²) in [6.07, 6.45) is -0.884. The highest BCUT2D eigenvalue weighted by Gasteiger charge is 2.58. The lowest BCUT2D eigenvalue weighted by molar-refractivity contribution is -0.271. The van der Waals surface area contributed by atoms with E-state index in [4.69, 9.17) is 0 Å². The predicted molar refractivity (Wildman–Crippen MR) is 85.6 cm³/mol. The van der Waals surface area contributed by atoms with Crippen molar-refractivity contribution in [3.63, 3.8) is 0 Å². The van der Waals surface area contributed by atoms with Crippen LogP contribution in [-0.4, -0.2) is 58.3 Å². The van der Waals surface area contributed by atoms with Gasteiger partial charge in [0, 0.05) is 26.0 Å². The number of aryl methyl sites for hydroxylation is 1. The maximum Gasteiger partial charge on any atom is 0.425 e. The molecule has 0 aromatic carbocycles. The maximum absolute atomic E-state index is 13.4. The number of likely N-dealkylation sites (tertiary alicyclic amines) is 1. The van der Waals surface area contributed by atoms with E-state index in [2.05, 4.69) is 15.2 Å². The van der Waals surface area contributed by atoms with Crippen molar-refractivity contribution in [3.8, 4) is 0 Å². The highest BCUT2D eigenvalue weighted by molar-refractivity contribution is 5.77. The van der Waals surface area contributed by atoms with E-state index in [1.54, 1.807) is 0 Å². The Balaban J connectivity index is 1.91. The molecule has 1 aliphatic heterocycles. The second-order valence-corrected chi connectivity index (χ2v) is 6.78. The third-order valence-corrected chi connectivity index (χ3v) is 4.79. The molecule has 1 fully saturated rings. The largest absolute Gasteiger partial charge is 0.425 e. The maximum atomic E-state index is 13.4. The summed E-state index contributed by atoms with van der Waals surface area (Å²) in [7, 11) is 3.39. The molecule has 0 saturated carbocycles. The Bertz CT molecular complexity index is 582. The van der Waals surface area contributed by atoms with Gasteiger partial charge >= 0.3 is 6.18 Å². The Labute approximate surface area is 145 Å². The number of piperidine rings is 1. The molecule has 1 aromatic heterocycles. The molecule has 9 heteroatoms. The van der Waals surface area contributed by atoms with Crippen LogP contribution in [0.3, 0.4) is 0 Å². The zero-order valence-corrected chi connectivity index (χ0v) is 14.5. The number of amides is 1. The fourth-order valence-electron chi connectivity index (χ4n) is 3.13. The molecule has 142 valence electrons. The van der Waals surface area contributed by atoms with Crippen LogP contribution in [0.15, 0.2) is 12.4 Å². The Kier molecular flexibility index (Phi) is 6.10. The summed E-state index contributed by atoms with van der Waals surface area (Å²) in [6, 6.07) is 0. The number of imidazole rings is 1. The van der Waals surface area contributed by atoms with E-state index < -0.39 is 29.9 Å². The Morgan fingerprint density at radius 2 is 2.00 bits per heavy atom. The van der Waals surface area contributed by atoms with E-state index in [0.717, 1.165) is 43.1 Å². The number of nitrogens with one attached hydrogen (secondary N) is 1. The minimum Gasteiger partial charge on any atom is -0.374 e. The lowest BCUT2D eigenvalue weighted by Gasteiger charge is -2.30. The molecular weight excluding hydrogens is 337 g/mol. The summed E-state index contributed by atoms with van der Waals surface area (Å²) in [5.74, 6) is -0.964. The third kappa shape index (κ3) is 4.72. The molecule has 1 aromatic rings. The van der Waals surface area contributed by atoms with Crippen LogP contribution < -0.4 is 5.32 Å². The molecule has 1 atom stereocenters. The van der Waals surface area contributed by atoms with Gasteiger partial charge in [-0.1, -0.05) is 0 Å². The number of aliphatic hydroxyl groups is 1. The normalized spacial score (nSPS) is 19.6. The Morgan fingerprint density at radius 1 is 1.36 bits per heavy atom. The first-order valence-electron chi connectivity index (χ1n) is 8.35. The molecule has 0 bridgehead atoms. The topological polar surface area (TPSA) is 70.4 Å². The van der Waals surface area contributed by atoms with Crippen molar-refractivity contribution in [1.82, 2.24) is 19.8 Å². The second kappa shape index (κ2) is 7.74. The first kappa shape index (κ1) is 19.7. The SMILES string of the molecule is CN1CCC(CCNC(=O)CC(O)(c2nccn2C)C(F)(F)F)CC1. The molecule has 1 unspecified atom stereocenters. The third-order valence-electron chi connectivity index (χ3n) is 4.79. The Morgan fingerprint density at radius 3 is 2.52 bits per heavy atom. The zero-order valence-electron chi connectivity index (χ0n) is 14.5. The molecule has 1 amide bonds. The molecule has 2 heterocycles. The van der Waals surface area contributed by atoms with Gasteiger partial charge in [-0.2, -0.15) is 13.2 Å². The Hall–Kier alpha value is -1.61. The van der Waals surface area contributed by atoms with Crippen molar-refractivity contribution < 1.29 is 23.1 Å². The number of alkyl halides is 3. The minimum absolute atomic E-state index is 0.307. The van der Waals surface area contributed by atoms with E-state index in [1.165, 1.54) is 13.2 Å². The molecule has 25 heavy (non-hydrogen) atoms. The van der Waals surface area contributed by atoms with Gasteiger partial charge in [0.2, 0.25) is 11.5 Å². The van der Waals surface area contributed by atoms with Crippen LogP contribution in [0.4, 0.5) is 13.2 Å². The molecule has 6 nitrogen and oxygen atoms in total.